The van der Waals surface area contributed by atoms with Gasteiger partial charge in [0.15, 0.2) is 0 Å². The maximum Gasteiger partial charge on any atom is 0.371 e. The van der Waals surface area contributed by atoms with Gasteiger partial charge in [0.25, 0.3) is 0 Å². The van der Waals surface area contributed by atoms with Gasteiger partial charge in [-0.3, -0.25) is 0 Å². The van der Waals surface area contributed by atoms with Crippen LogP contribution in [0.1, 0.15) is 63.4 Å². The molecule has 5 heteroatoms. The van der Waals surface area contributed by atoms with E-state index in [9.17, 15) is 4.79 Å². The number of hydrogen-bond donors (Lipinski definition) is 1. The lowest BCUT2D eigenvalue weighted by Gasteiger charge is -2.42. The Balaban J connectivity index is 2.99. The summed E-state index contributed by atoms with van der Waals surface area (Å²) in [5, 5.41) is 8.99. The van der Waals surface area contributed by atoms with Crippen molar-refractivity contribution in [2.24, 2.45) is 0 Å². The second-order valence-corrected chi connectivity index (χ2v) is 12.1. The quantitative estimate of drug-likeness (QED) is 0.721. The fourth-order valence-electron chi connectivity index (χ4n) is 3.47. The molecule has 0 saturated heterocycles. The Morgan fingerprint density at radius 3 is 2.00 bits per heavy atom. The van der Waals surface area contributed by atoms with E-state index in [1.807, 2.05) is 0 Å². The van der Waals surface area contributed by atoms with Crippen LogP contribution in [-0.2, 0) is 11.0 Å². The van der Waals surface area contributed by atoms with Gasteiger partial charge in [0.1, 0.15) is 5.76 Å². The van der Waals surface area contributed by atoms with E-state index in [0.29, 0.717) is 29.0 Å². The maximum absolute atomic E-state index is 11.0. The summed E-state index contributed by atoms with van der Waals surface area (Å²) >= 11 is 0. The molecule has 0 atom stereocenters. The van der Waals surface area contributed by atoms with Crippen LogP contribution in [0.15, 0.2) is 10.5 Å². The number of furan rings is 1. The van der Waals surface area contributed by atoms with Gasteiger partial charge in [-0.15, -0.1) is 0 Å². The molecule has 0 aliphatic carbocycles. The highest BCUT2D eigenvalue weighted by Crippen LogP contribution is 2.42. The van der Waals surface area contributed by atoms with Crippen molar-refractivity contribution in [2.45, 2.75) is 71.7 Å². The Morgan fingerprint density at radius 2 is 1.67 bits per heavy atom. The Hall–Kier alpha value is -1.07. The van der Waals surface area contributed by atoms with Crippen molar-refractivity contribution in [3.8, 4) is 0 Å². The Kier molecular flexibility index (Phi) is 5.81. The maximum atomic E-state index is 11.0. The highest BCUT2D eigenvalue weighted by molar-refractivity contribution is 6.77. The number of carboxylic acids is 1. The SMILES string of the molecule is Cc1oc(C(=O)O)cc1CO[Si](C(C)C)(C(C)C)C(C)C. The van der Waals surface area contributed by atoms with E-state index in [1.165, 1.54) is 0 Å². The van der Waals surface area contributed by atoms with Crippen LogP contribution in [0.25, 0.3) is 0 Å². The molecular weight excluding hydrogens is 284 g/mol. The van der Waals surface area contributed by atoms with Crippen LogP contribution >= 0.6 is 0 Å². The van der Waals surface area contributed by atoms with Crippen molar-refractivity contribution >= 4 is 14.3 Å². The highest BCUT2D eigenvalue weighted by atomic mass is 28.4. The lowest BCUT2D eigenvalue weighted by molar-refractivity contribution is 0.0661. The zero-order valence-electron chi connectivity index (χ0n) is 14.2. The van der Waals surface area contributed by atoms with Crippen molar-refractivity contribution in [3.63, 3.8) is 0 Å². The van der Waals surface area contributed by atoms with Crippen molar-refractivity contribution < 1.29 is 18.7 Å². The van der Waals surface area contributed by atoms with Crippen molar-refractivity contribution in [1.82, 2.24) is 0 Å². The third kappa shape index (κ3) is 3.58. The predicted octanol–water partition coefficient (Wildman–Crippen LogP) is 4.98. The van der Waals surface area contributed by atoms with E-state index >= 15 is 0 Å². The molecule has 0 aliphatic rings. The molecule has 120 valence electrons. The number of aryl methyl sites for hydroxylation is 1. The number of aromatic carboxylic acids is 1. The summed E-state index contributed by atoms with van der Waals surface area (Å²) in [6, 6.07) is 1.58. The third-order valence-electron chi connectivity index (χ3n) is 4.42. The molecular formula is C16H28O4Si. The first-order valence-corrected chi connectivity index (χ1v) is 9.73. The summed E-state index contributed by atoms with van der Waals surface area (Å²) in [6.45, 7) is 15.6. The normalized spacial score (nSPS) is 12.7. The molecule has 0 radical (unpaired) electrons. The first-order valence-electron chi connectivity index (χ1n) is 7.59. The largest absolute Gasteiger partial charge is 0.475 e. The third-order valence-corrected chi connectivity index (χ3v) is 10.5. The molecule has 0 unspecified atom stereocenters. The van der Waals surface area contributed by atoms with E-state index in [1.54, 1.807) is 13.0 Å². The average Bonchev–Trinajstić information content (AvgIpc) is 2.70. The van der Waals surface area contributed by atoms with Gasteiger partial charge in [-0.25, -0.2) is 4.79 Å². The number of rotatable bonds is 7. The summed E-state index contributed by atoms with van der Waals surface area (Å²) in [7, 11) is -1.94. The Labute approximate surface area is 128 Å². The first kappa shape index (κ1) is 18.0. The summed E-state index contributed by atoms with van der Waals surface area (Å²) < 4.78 is 11.7. The van der Waals surface area contributed by atoms with Crippen LogP contribution in [0.3, 0.4) is 0 Å². The van der Waals surface area contributed by atoms with Gasteiger partial charge >= 0.3 is 5.97 Å². The van der Waals surface area contributed by atoms with E-state index in [0.717, 1.165) is 5.56 Å². The topological polar surface area (TPSA) is 59.7 Å². The van der Waals surface area contributed by atoms with E-state index < -0.39 is 14.3 Å². The van der Waals surface area contributed by atoms with Crippen LogP contribution in [0, 0.1) is 6.92 Å². The first-order chi connectivity index (χ1) is 9.62. The zero-order valence-corrected chi connectivity index (χ0v) is 15.2. The smallest absolute Gasteiger partial charge is 0.371 e. The van der Waals surface area contributed by atoms with E-state index in [2.05, 4.69) is 41.5 Å². The van der Waals surface area contributed by atoms with Gasteiger partial charge < -0.3 is 13.9 Å². The van der Waals surface area contributed by atoms with Gasteiger partial charge in [0, 0.05) is 5.56 Å². The van der Waals surface area contributed by atoms with Gasteiger partial charge in [-0.1, -0.05) is 41.5 Å². The van der Waals surface area contributed by atoms with E-state index in [4.69, 9.17) is 13.9 Å². The second-order valence-electron chi connectivity index (χ2n) is 6.60. The molecule has 0 spiro atoms. The highest BCUT2D eigenvalue weighted by Gasteiger charge is 2.45. The lowest BCUT2D eigenvalue weighted by Crippen LogP contribution is -2.47. The van der Waals surface area contributed by atoms with Crippen molar-refractivity contribution in [3.05, 3.63) is 23.2 Å². The van der Waals surface area contributed by atoms with Crippen LogP contribution < -0.4 is 0 Å². The summed E-state index contributed by atoms with van der Waals surface area (Å²) in [4.78, 5) is 11.0. The number of carbonyl (C=O) groups is 1. The van der Waals surface area contributed by atoms with Crippen LogP contribution in [0.2, 0.25) is 16.6 Å². The number of hydrogen-bond acceptors (Lipinski definition) is 3. The summed E-state index contributed by atoms with van der Waals surface area (Å²) in [6.07, 6.45) is 0. The summed E-state index contributed by atoms with van der Waals surface area (Å²) in [5.41, 5.74) is 2.35. The fourth-order valence-corrected chi connectivity index (χ4v) is 8.88. The van der Waals surface area contributed by atoms with Gasteiger partial charge in [0.2, 0.25) is 14.1 Å². The molecule has 1 aromatic heterocycles. The minimum atomic E-state index is -1.94. The molecule has 4 nitrogen and oxygen atoms in total. The van der Waals surface area contributed by atoms with Crippen molar-refractivity contribution in [2.75, 3.05) is 0 Å². The molecule has 1 heterocycles. The molecule has 0 fully saturated rings. The molecule has 0 saturated carbocycles. The van der Waals surface area contributed by atoms with Crippen LogP contribution in [0.5, 0.6) is 0 Å². The summed E-state index contributed by atoms with van der Waals surface area (Å²) in [5.74, 6) is -0.423. The molecule has 0 bridgehead atoms. The van der Waals surface area contributed by atoms with Gasteiger partial charge in [0.05, 0.1) is 6.61 Å². The molecule has 0 aliphatic heterocycles. The number of carboxylic acid groups (broad SMARTS) is 1. The second kappa shape index (κ2) is 6.79. The Morgan fingerprint density at radius 1 is 1.19 bits per heavy atom. The predicted molar refractivity (Wildman–Crippen MR) is 86.2 cm³/mol. The Bertz CT molecular complexity index is 467. The molecule has 0 amide bonds. The van der Waals surface area contributed by atoms with Gasteiger partial charge in [-0.05, 0) is 29.6 Å². The van der Waals surface area contributed by atoms with E-state index in [-0.39, 0.29) is 5.76 Å². The molecule has 21 heavy (non-hydrogen) atoms. The standard InChI is InChI=1S/C16H28O4Si/c1-10(2)21(11(3)4,12(5)6)19-9-14-8-15(16(17)18)20-13(14)7/h8,10-12H,9H2,1-7H3,(H,17,18). The fraction of sp³-hybridized carbons (Fsp3) is 0.688. The van der Waals surface area contributed by atoms with Crippen molar-refractivity contribution in [1.29, 1.82) is 0 Å². The van der Waals surface area contributed by atoms with Crippen LogP contribution in [0.4, 0.5) is 0 Å². The van der Waals surface area contributed by atoms with Crippen LogP contribution in [-0.4, -0.2) is 19.4 Å². The zero-order chi connectivity index (χ0) is 16.4. The lowest BCUT2D eigenvalue weighted by atomic mass is 10.2. The molecule has 1 aromatic rings. The monoisotopic (exact) mass is 312 g/mol. The van der Waals surface area contributed by atoms with Gasteiger partial charge in [-0.2, -0.15) is 0 Å². The molecule has 1 rings (SSSR count). The average molecular weight is 312 g/mol. The minimum absolute atomic E-state index is 0.0167. The molecule has 1 N–H and O–H groups in total. The minimum Gasteiger partial charge on any atom is -0.475 e. The molecule has 0 aromatic carbocycles.